The smallest absolute Gasteiger partial charge is 0.406 e. The number of alkyl halides is 3. The standard InChI is InChI=1S/C32H42F3N3O3/c1-22(24-15-17-36(18-16-24)23(2)39)30(40)38-20-19-37(21-28(38)31(3,4)5)29(25-9-7-6-8-10-25)26-11-13-27(14-12-26)41-32(33,34)35/h6-14,22,24,28-29H,15-21H2,1-5H3/t22?,28-,29?/m1/s1. The number of carbonyl (C=O) groups is 2. The van der Waals surface area contributed by atoms with Gasteiger partial charge < -0.3 is 14.5 Å². The Morgan fingerprint density at radius 1 is 0.878 bits per heavy atom. The first-order valence-corrected chi connectivity index (χ1v) is 14.5. The topological polar surface area (TPSA) is 53.1 Å². The van der Waals surface area contributed by atoms with Crippen LogP contribution in [0.4, 0.5) is 13.2 Å². The number of carbonyl (C=O) groups excluding carboxylic acids is 2. The van der Waals surface area contributed by atoms with E-state index in [1.54, 1.807) is 19.1 Å². The van der Waals surface area contributed by atoms with E-state index in [-0.39, 0.29) is 46.9 Å². The molecule has 6 nitrogen and oxygen atoms in total. The van der Waals surface area contributed by atoms with Crippen LogP contribution in [0.3, 0.4) is 0 Å². The zero-order chi connectivity index (χ0) is 29.9. The molecule has 41 heavy (non-hydrogen) atoms. The largest absolute Gasteiger partial charge is 0.573 e. The summed E-state index contributed by atoms with van der Waals surface area (Å²) in [5, 5.41) is 0. The van der Waals surface area contributed by atoms with Crippen molar-refractivity contribution in [3.8, 4) is 5.75 Å². The van der Waals surface area contributed by atoms with Crippen LogP contribution < -0.4 is 4.74 Å². The summed E-state index contributed by atoms with van der Waals surface area (Å²) in [6, 6.07) is 15.8. The molecule has 0 radical (unpaired) electrons. The lowest BCUT2D eigenvalue weighted by molar-refractivity contribution is -0.274. The lowest BCUT2D eigenvalue weighted by Crippen LogP contribution is -2.61. The second-order valence-electron chi connectivity index (χ2n) is 12.5. The number of ether oxygens (including phenoxy) is 1. The number of rotatable bonds is 6. The summed E-state index contributed by atoms with van der Waals surface area (Å²) in [5.41, 5.74) is 1.70. The van der Waals surface area contributed by atoms with Crippen molar-refractivity contribution in [2.75, 3.05) is 32.7 Å². The van der Waals surface area contributed by atoms with Gasteiger partial charge in [0, 0.05) is 51.6 Å². The average molecular weight is 574 g/mol. The number of likely N-dealkylation sites (tertiary alicyclic amines) is 1. The Kier molecular flexibility index (Phi) is 9.36. The molecule has 2 saturated heterocycles. The monoisotopic (exact) mass is 573 g/mol. The Morgan fingerprint density at radius 2 is 1.46 bits per heavy atom. The maximum Gasteiger partial charge on any atom is 0.573 e. The molecule has 0 saturated carbocycles. The molecule has 0 spiro atoms. The van der Waals surface area contributed by atoms with Crippen LogP contribution in [0.2, 0.25) is 0 Å². The summed E-state index contributed by atoms with van der Waals surface area (Å²) in [7, 11) is 0. The van der Waals surface area contributed by atoms with Gasteiger partial charge in [-0.1, -0.05) is 70.2 Å². The first-order valence-electron chi connectivity index (χ1n) is 14.5. The third-order valence-corrected chi connectivity index (χ3v) is 8.69. The fraction of sp³-hybridized carbons (Fsp3) is 0.562. The van der Waals surface area contributed by atoms with Crippen molar-refractivity contribution in [3.05, 3.63) is 65.7 Å². The molecule has 2 fully saturated rings. The Bertz CT molecular complexity index is 1170. The minimum atomic E-state index is -4.75. The summed E-state index contributed by atoms with van der Waals surface area (Å²) >= 11 is 0. The van der Waals surface area contributed by atoms with Gasteiger partial charge in [-0.3, -0.25) is 14.5 Å². The molecule has 4 rings (SSSR count). The van der Waals surface area contributed by atoms with E-state index in [1.807, 2.05) is 42.2 Å². The van der Waals surface area contributed by atoms with E-state index in [9.17, 15) is 22.8 Å². The van der Waals surface area contributed by atoms with Gasteiger partial charge in [-0.05, 0) is 47.4 Å². The van der Waals surface area contributed by atoms with E-state index < -0.39 is 6.36 Å². The van der Waals surface area contributed by atoms with Gasteiger partial charge in [-0.15, -0.1) is 13.2 Å². The zero-order valence-corrected chi connectivity index (χ0v) is 24.7. The van der Waals surface area contributed by atoms with Crippen LogP contribution in [-0.2, 0) is 9.59 Å². The number of hydrogen-bond acceptors (Lipinski definition) is 4. The molecule has 0 aliphatic carbocycles. The van der Waals surface area contributed by atoms with Crippen LogP contribution in [0.1, 0.15) is 64.6 Å². The number of benzene rings is 2. The summed E-state index contributed by atoms with van der Waals surface area (Å²) < 4.78 is 42.4. The van der Waals surface area contributed by atoms with Gasteiger partial charge in [-0.25, -0.2) is 0 Å². The number of piperazine rings is 1. The molecule has 2 aliphatic rings. The second kappa shape index (κ2) is 12.4. The molecule has 2 unspecified atom stereocenters. The second-order valence-corrected chi connectivity index (χ2v) is 12.5. The number of amides is 2. The van der Waals surface area contributed by atoms with Crippen LogP contribution in [0.15, 0.2) is 54.6 Å². The molecule has 2 amide bonds. The van der Waals surface area contributed by atoms with Crippen molar-refractivity contribution in [1.82, 2.24) is 14.7 Å². The Hall–Kier alpha value is -3.07. The van der Waals surface area contributed by atoms with Gasteiger partial charge >= 0.3 is 6.36 Å². The van der Waals surface area contributed by atoms with Gasteiger partial charge in [0.2, 0.25) is 11.8 Å². The SMILES string of the molecule is CC(=O)N1CCC(C(C)C(=O)N2CCN(C(c3ccccc3)c3ccc(OC(F)(F)F)cc3)C[C@@H]2C(C)(C)C)CC1. The summed E-state index contributed by atoms with van der Waals surface area (Å²) in [6.45, 7) is 13.3. The molecular weight excluding hydrogens is 531 g/mol. The van der Waals surface area contributed by atoms with E-state index in [2.05, 4.69) is 35.3 Å². The van der Waals surface area contributed by atoms with Gasteiger partial charge in [0.1, 0.15) is 5.75 Å². The highest BCUT2D eigenvalue weighted by atomic mass is 19.4. The average Bonchev–Trinajstić information content (AvgIpc) is 2.92. The van der Waals surface area contributed by atoms with E-state index >= 15 is 0 Å². The third-order valence-electron chi connectivity index (χ3n) is 8.69. The van der Waals surface area contributed by atoms with Crippen molar-refractivity contribution in [1.29, 1.82) is 0 Å². The van der Waals surface area contributed by atoms with E-state index in [0.717, 1.165) is 24.0 Å². The summed E-state index contributed by atoms with van der Waals surface area (Å²) in [5.74, 6) is 0.106. The maximum atomic E-state index is 14.0. The fourth-order valence-electron chi connectivity index (χ4n) is 6.32. The predicted molar refractivity (Wildman–Crippen MR) is 152 cm³/mol. The van der Waals surface area contributed by atoms with E-state index in [1.165, 1.54) is 12.1 Å². The van der Waals surface area contributed by atoms with Gasteiger partial charge in [0.05, 0.1) is 6.04 Å². The molecule has 0 bridgehead atoms. The molecular formula is C32H42F3N3O3. The number of nitrogens with zero attached hydrogens (tertiary/aromatic N) is 3. The van der Waals surface area contributed by atoms with Crippen molar-refractivity contribution in [2.45, 2.75) is 65.9 Å². The highest BCUT2D eigenvalue weighted by Crippen LogP contribution is 2.37. The Balaban J connectivity index is 1.56. The molecule has 3 atom stereocenters. The molecule has 2 aromatic rings. The quantitative estimate of drug-likeness (QED) is 0.418. The molecule has 2 aliphatic heterocycles. The van der Waals surface area contributed by atoms with Crippen LogP contribution >= 0.6 is 0 Å². The van der Waals surface area contributed by atoms with Gasteiger partial charge in [0.15, 0.2) is 0 Å². The Labute approximate surface area is 241 Å². The van der Waals surface area contributed by atoms with Crippen molar-refractivity contribution in [2.24, 2.45) is 17.3 Å². The van der Waals surface area contributed by atoms with Crippen LogP contribution in [0, 0.1) is 17.3 Å². The van der Waals surface area contributed by atoms with Gasteiger partial charge in [0.25, 0.3) is 0 Å². The normalized spacial score (nSPS) is 20.9. The molecule has 2 aromatic carbocycles. The summed E-state index contributed by atoms with van der Waals surface area (Å²) in [4.78, 5) is 32.0. The molecule has 0 N–H and O–H groups in total. The van der Waals surface area contributed by atoms with Crippen LogP contribution in [-0.4, -0.2) is 71.6 Å². The van der Waals surface area contributed by atoms with E-state index in [4.69, 9.17) is 0 Å². The molecule has 0 aromatic heterocycles. The molecule has 2 heterocycles. The van der Waals surface area contributed by atoms with Crippen molar-refractivity contribution >= 4 is 11.8 Å². The Morgan fingerprint density at radius 3 is 2.00 bits per heavy atom. The van der Waals surface area contributed by atoms with Crippen LogP contribution in [0.5, 0.6) is 5.75 Å². The lowest BCUT2D eigenvalue weighted by Gasteiger charge is -2.50. The highest BCUT2D eigenvalue weighted by Gasteiger charge is 2.42. The van der Waals surface area contributed by atoms with Crippen LogP contribution in [0.25, 0.3) is 0 Å². The first-order chi connectivity index (χ1) is 19.2. The van der Waals surface area contributed by atoms with E-state index in [0.29, 0.717) is 32.7 Å². The number of piperidine rings is 1. The minimum absolute atomic E-state index is 0.0532. The lowest BCUT2D eigenvalue weighted by atomic mass is 9.80. The molecule has 224 valence electrons. The maximum absolute atomic E-state index is 14.0. The minimum Gasteiger partial charge on any atom is -0.406 e. The third kappa shape index (κ3) is 7.61. The van der Waals surface area contributed by atoms with Crippen molar-refractivity contribution in [3.63, 3.8) is 0 Å². The first kappa shape index (κ1) is 30.9. The summed E-state index contributed by atoms with van der Waals surface area (Å²) in [6.07, 6.45) is -3.09. The number of hydrogen-bond donors (Lipinski definition) is 0. The predicted octanol–water partition coefficient (Wildman–Crippen LogP) is 6.13. The molecule has 9 heteroatoms. The number of halogens is 3. The zero-order valence-electron chi connectivity index (χ0n) is 24.7. The van der Waals surface area contributed by atoms with Gasteiger partial charge in [-0.2, -0.15) is 0 Å². The fourth-order valence-corrected chi connectivity index (χ4v) is 6.32. The highest BCUT2D eigenvalue weighted by molar-refractivity contribution is 5.79. The van der Waals surface area contributed by atoms with Crippen molar-refractivity contribution < 1.29 is 27.5 Å².